The first kappa shape index (κ1) is 7.11. The summed E-state index contributed by atoms with van der Waals surface area (Å²) in [5.74, 6) is 0.622. The van der Waals surface area contributed by atoms with Crippen LogP contribution in [-0.4, -0.2) is 11.1 Å². The number of hydrogen-bond acceptors (Lipinski definition) is 3. The van der Waals surface area contributed by atoms with Crippen LogP contribution in [0.2, 0.25) is 0 Å². The van der Waals surface area contributed by atoms with Crippen molar-refractivity contribution < 1.29 is 4.74 Å². The molecule has 0 unspecified atom stereocenters. The van der Waals surface area contributed by atoms with Crippen LogP contribution in [0.5, 0.6) is 5.88 Å². The molecule has 0 radical (unpaired) electrons. The van der Waals surface area contributed by atoms with Crippen LogP contribution < -0.4 is 4.74 Å². The van der Waals surface area contributed by atoms with E-state index >= 15 is 0 Å². The summed E-state index contributed by atoms with van der Waals surface area (Å²) in [5.41, 5.74) is 0.568. The molecular weight excluding hydrogens is 152 g/mol. The van der Waals surface area contributed by atoms with Crippen molar-refractivity contribution in [2.75, 3.05) is 0 Å². The molecule has 0 aromatic carbocycles. The van der Waals surface area contributed by atoms with Crippen LogP contribution in [0.25, 0.3) is 0 Å². The van der Waals surface area contributed by atoms with Gasteiger partial charge in [-0.2, -0.15) is 5.26 Å². The topological polar surface area (TPSA) is 45.9 Å². The molecule has 0 spiro atoms. The van der Waals surface area contributed by atoms with E-state index in [1.54, 1.807) is 12.1 Å². The summed E-state index contributed by atoms with van der Waals surface area (Å²) >= 11 is 0. The van der Waals surface area contributed by atoms with Crippen molar-refractivity contribution >= 4 is 0 Å². The molecule has 0 saturated heterocycles. The molecule has 1 aliphatic rings. The molecule has 0 N–H and O–H groups in total. The third-order valence-corrected chi connectivity index (χ3v) is 1.68. The predicted octanol–water partition coefficient (Wildman–Crippen LogP) is 1.49. The van der Waals surface area contributed by atoms with Gasteiger partial charge < -0.3 is 4.74 Å². The number of aromatic nitrogens is 1. The van der Waals surface area contributed by atoms with Crippen LogP contribution in [0.4, 0.5) is 0 Å². The van der Waals surface area contributed by atoms with Gasteiger partial charge in [0, 0.05) is 12.3 Å². The second-order valence-electron chi connectivity index (χ2n) is 2.81. The van der Waals surface area contributed by atoms with Gasteiger partial charge in [0.05, 0.1) is 5.56 Å². The fourth-order valence-electron chi connectivity index (χ4n) is 0.873. The second-order valence-corrected chi connectivity index (χ2v) is 2.81. The SMILES string of the molecule is N#Cc1ccc(OC2CC2)nc1. The summed E-state index contributed by atoms with van der Waals surface area (Å²) in [6.45, 7) is 0. The first-order chi connectivity index (χ1) is 5.88. The fourth-order valence-corrected chi connectivity index (χ4v) is 0.873. The Morgan fingerprint density at radius 3 is 2.83 bits per heavy atom. The maximum atomic E-state index is 8.49. The minimum Gasteiger partial charge on any atom is -0.474 e. The Morgan fingerprint density at radius 2 is 2.33 bits per heavy atom. The monoisotopic (exact) mass is 160 g/mol. The van der Waals surface area contributed by atoms with E-state index in [2.05, 4.69) is 4.98 Å². The molecule has 0 amide bonds. The molecule has 1 aliphatic carbocycles. The minimum atomic E-state index is 0.366. The average Bonchev–Trinajstić information content (AvgIpc) is 2.90. The molecule has 1 heterocycles. The summed E-state index contributed by atoms with van der Waals surface area (Å²) in [4.78, 5) is 3.98. The smallest absolute Gasteiger partial charge is 0.213 e. The molecule has 1 saturated carbocycles. The Kier molecular flexibility index (Phi) is 1.67. The number of pyridine rings is 1. The van der Waals surface area contributed by atoms with E-state index in [4.69, 9.17) is 10.00 Å². The van der Waals surface area contributed by atoms with Crippen molar-refractivity contribution in [2.24, 2.45) is 0 Å². The van der Waals surface area contributed by atoms with Crippen LogP contribution in [-0.2, 0) is 0 Å². The molecule has 1 aromatic heterocycles. The third-order valence-electron chi connectivity index (χ3n) is 1.68. The maximum Gasteiger partial charge on any atom is 0.213 e. The quantitative estimate of drug-likeness (QED) is 0.658. The molecule has 60 valence electrons. The lowest BCUT2D eigenvalue weighted by atomic mass is 10.3. The summed E-state index contributed by atoms with van der Waals surface area (Å²) in [5, 5.41) is 8.49. The molecule has 3 heteroatoms. The molecule has 0 aliphatic heterocycles. The summed E-state index contributed by atoms with van der Waals surface area (Å²) in [6, 6.07) is 5.45. The largest absolute Gasteiger partial charge is 0.474 e. The summed E-state index contributed by atoms with van der Waals surface area (Å²) in [7, 11) is 0. The van der Waals surface area contributed by atoms with Gasteiger partial charge >= 0.3 is 0 Å². The first-order valence-electron chi connectivity index (χ1n) is 3.91. The van der Waals surface area contributed by atoms with Gasteiger partial charge in [-0.05, 0) is 18.9 Å². The lowest BCUT2D eigenvalue weighted by Gasteiger charge is -2.00. The highest BCUT2D eigenvalue weighted by Crippen LogP contribution is 2.25. The highest BCUT2D eigenvalue weighted by molar-refractivity contribution is 5.28. The van der Waals surface area contributed by atoms with Gasteiger partial charge in [0.2, 0.25) is 5.88 Å². The van der Waals surface area contributed by atoms with Crippen molar-refractivity contribution in [3.05, 3.63) is 23.9 Å². The van der Waals surface area contributed by atoms with E-state index in [1.165, 1.54) is 6.20 Å². The van der Waals surface area contributed by atoms with E-state index in [0.29, 0.717) is 17.5 Å². The Labute approximate surface area is 70.6 Å². The van der Waals surface area contributed by atoms with E-state index in [9.17, 15) is 0 Å². The molecule has 12 heavy (non-hydrogen) atoms. The number of nitriles is 1. The molecule has 0 atom stereocenters. The number of ether oxygens (including phenoxy) is 1. The van der Waals surface area contributed by atoms with Gasteiger partial charge in [0.15, 0.2) is 0 Å². The minimum absolute atomic E-state index is 0.366. The fraction of sp³-hybridized carbons (Fsp3) is 0.333. The normalized spacial score (nSPS) is 15.2. The van der Waals surface area contributed by atoms with Crippen LogP contribution in [0.1, 0.15) is 18.4 Å². The molecule has 1 aromatic rings. The zero-order valence-corrected chi connectivity index (χ0v) is 6.53. The molecule has 3 nitrogen and oxygen atoms in total. The van der Waals surface area contributed by atoms with Crippen LogP contribution in [0.15, 0.2) is 18.3 Å². The Bertz CT molecular complexity index is 308. The van der Waals surface area contributed by atoms with Gasteiger partial charge in [-0.1, -0.05) is 0 Å². The molecular formula is C9H8N2O. The summed E-state index contributed by atoms with van der Waals surface area (Å²) in [6.07, 6.45) is 4.14. The van der Waals surface area contributed by atoms with E-state index in [1.807, 2.05) is 6.07 Å². The summed E-state index contributed by atoms with van der Waals surface area (Å²) < 4.78 is 5.40. The molecule has 2 rings (SSSR count). The van der Waals surface area contributed by atoms with Crippen molar-refractivity contribution in [2.45, 2.75) is 18.9 Å². The zero-order chi connectivity index (χ0) is 8.39. The Morgan fingerprint density at radius 1 is 1.50 bits per heavy atom. The van der Waals surface area contributed by atoms with Crippen LogP contribution in [0, 0.1) is 11.3 Å². The average molecular weight is 160 g/mol. The van der Waals surface area contributed by atoms with Crippen molar-refractivity contribution in [1.29, 1.82) is 5.26 Å². The first-order valence-corrected chi connectivity index (χ1v) is 3.91. The molecule has 0 bridgehead atoms. The van der Waals surface area contributed by atoms with E-state index < -0.39 is 0 Å². The number of nitrogens with zero attached hydrogens (tertiary/aromatic N) is 2. The zero-order valence-electron chi connectivity index (χ0n) is 6.53. The van der Waals surface area contributed by atoms with Gasteiger partial charge in [-0.3, -0.25) is 0 Å². The third kappa shape index (κ3) is 1.54. The standard InChI is InChI=1S/C9H8N2O/c10-5-7-1-4-9(11-6-7)12-8-2-3-8/h1,4,6,8H,2-3H2. The maximum absolute atomic E-state index is 8.49. The van der Waals surface area contributed by atoms with Crippen molar-refractivity contribution in [3.8, 4) is 11.9 Å². The number of rotatable bonds is 2. The van der Waals surface area contributed by atoms with E-state index in [-0.39, 0.29) is 0 Å². The van der Waals surface area contributed by atoms with Crippen LogP contribution in [0.3, 0.4) is 0 Å². The van der Waals surface area contributed by atoms with Crippen LogP contribution >= 0.6 is 0 Å². The van der Waals surface area contributed by atoms with E-state index in [0.717, 1.165) is 12.8 Å². The van der Waals surface area contributed by atoms with Gasteiger partial charge in [0.1, 0.15) is 12.2 Å². The highest BCUT2D eigenvalue weighted by atomic mass is 16.5. The van der Waals surface area contributed by atoms with Crippen molar-refractivity contribution in [1.82, 2.24) is 4.98 Å². The Hall–Kier alpha value is -1.56. The molecule has 1 fully saturated rings. The van der Waals surface area contributed by atoms with Crippen molar-refractivity contribution in [3.63, 3.8) is 0 Å². The Balaban J connectivity index is 2.08. The van der Waals surface area contributed by atoms with Gasteiger partial charge in [0.25, 0.3) is 0 Å². The number of hydrogen-bond donors (Lipinski definition) is 0. The lowest BCUT2D eigenvalue weighted by Crippen LogP contribution is -1.97. The van der Waals surface area contributed by atoms with Gasteiger partial charge in [-0.15, -0.1) is 0 Å². The predicted molar refractivity (Wildman–Crippen MR) is 42.6 cm³/mol. The van der Waals surface area contributed by atoms with Gasteiger partial charge in [-0.25, -0.2) is 4.98 Å². The highest BCUT2D eigenvalue weighted by Gasteiger charge is 2.23. The lowest BCUT2D eigenvalue weighted by molar-refractivity contribution is 0.291. The second kappa shape index (κ2) is 2.82.